The number of methoxy groups -OCH3 is 1. The number of ether oxygens (including phenoxy) is 1. The molecule has 2 rings (SSSR count). The third kappa shape index (κ3) is 13.3. The Balaban J connectivity index is 2.61. The van der Waals surface area contributed by atoms with Crippen LogP contribution in [0.15, 0.2) is 12.2 Å². The van der Waals surface area contributed by atoms with Crippen LogP contribution >= 0.6 is 0 Å². The molecule has 0 radical (unpaired) electrons. The van der Waals surface area contributed by atoms with E-state index in [2.05, 4.69) is 125 Å². The average Bonchev–Trinajstić information content (AvgIpc) is 3.54. The van der Waals surface area contributed by atoms with Crippen LogP contribution in [-0.4, -0.2) is 67.6 Å². The minimum atomic E-state index is -2.16. The third-order valence-electron chi connectivity index (χ3n) is 11.8. The minimum absolute atomic E-state index is 0.00384. The van der Waals surface area contributed by atoms with Gasteiger partial charge >= 0.3 is 5.97 Å². The molecule has 9 heteroatoms. The van der Waals surface area contributed by atoms with Crippen LogP contribution in [0.3, 0.4) is 0 Å². The van der Waals surface area contributed by atoms with Gasteiger partial charge in [-0.15, -0.1) is 0 Å². The van der Waals surface area contributed by atoms with Crippen molar-refractivity contribution in [1.29, 1.82) is 0 Å². The number of carbonyl (C=O) groups excluding carboxylic acids is 1. The predicted molar refractivity (Wildman–Crippen MR) is 213 cm³/mol. The van der Waals surface area contributed by atoms with Crippen LogP contribution in [0.2, 0.25) is 55.9 Å². The highest BCUT2D eigenvalue weighted by Gasteiger charge is 2.50. The van der Waals surface area contributed by atoms with Crippen molar-refractivity contribution < 1.29 is 27.9 Å². The summed E-state index contributed by atoms with van der Waals surface area (Å²) in [4.78, 5) is 12.2. The van der Waals surface area contributed by atoms with Gasteiger partial charge in [0.25, 0.3) is 0 Å². The molecule has 49 heavy (non-hydrogen) atoms. The summed E-state index contributed by atoms with van der Waals surface area (Å²) in [6.45, 7) is 34.3. The number of unbranched alkanes of at least 4 members (excludes halogenated alkanes) is 1. The Kier molecular flexibility index (Phi) is 16.2. The maximum Gasteiger partial charge on any atom is 0.308 e. The van der Waals surface area contributed by atoms with Crippen LogP contribution < -0.4 is 0 Å². The van der Waals surface area contributed by atoms with Crippen molar-refractivity contribution in [2.75, 3.05) is 7.11 Å². The number of hydrogen-bond acceptors (Lipinski definition) is 6. The first-order valence-corrected chi connectivity index (χ1v) is 28.5. The molecule has 0 aromatic carbocycles. The molecule has 6 nitrogen and oxygen atoms in total. The Morgan fingerprint density at radius 2 is 1.55 bits per heavy atom. The molecular weight excluding hydrogens is 661 g/mol. The van der Waals surface area contributed by atoms with Gasteiger partial charge in [-0.2, -0.15) is 0 Å². The van der Waals surface area contributed by atoms with Gasteiger partial charge in [0, 0.05) is 17.8 Å². The SMILES string of the molecule is CCCC[C@H](C)C[C@@H](/C=C/[C@@H]1[C@@H](C(C#C[C@H]2CC[C@@H](C(=O)OC)C2)O[Si](C)(C)C)[C@@H](O)C[C@H]1O[Si](C)(C)C(C)(C)C)O[Si](C)(C)C(C)(C)C. The first-order chi connectivity index (χ1) is 22.3. The molecule has 2 aliphatic rings. The van der Waals surface area contributed by atoms with Crippen molar-refractivity contribution in [3.05, 3.63) is 12.2 Å². The summed E-state index contributed by atoms with van der Waals surface area (Å²) >= 11 is 0. The van der Waals surface area contributed by atoms with Gasteiger partial charge in [0.2, 0.25) is 0 Å². The molecule has 0 bridgehead atoms. The van der Waals surface area contributed by atoms with E-state index in [-0.39, 0.29) is 51.9 Å². The van der Waals surface area contributed by atoms with E-state index < -0.39 is 37.2 Å². The highest BCUT2D eigenvalue weighted by molar-refractivity contribution is 6.74. The minimum Gasteiger partial charge on any atom is -0.469 e. The summed E-state index contributed by atoms with van der Waals surface area (Å²) in [5, 5.41) is 12.1. The second-order valence-electron chi connectivity index (χ2n) is 19.3. The van der Waals surface area contributed by atoms with Crippen LogP contribution in [-0.2, 0) is 22.8 Å². The van der Waals surface area contributed by atoms with Crippen LogP contribution in [0.5, 0.6) is 0 Å². The fourth-order valence-electron chi connectivity index (χ4n) is 6.71. The maximum atomic E-state index is 12.2. The molecule has 0 aliphatic heterocycles. The second-order valence-corrected chi connectivity index (χ2v) is 33.3. The first kappa shape index (κ1) is 44.4. The van der Waals surface area contributed by atoms with E-state index in [4.69, 9.17) is 18.0 Å². The molecule has 0 aromatic heterocycles. The zero-order valence-corrected chi connectivity index (χ0v) is 37.5. The van der Waals surface area contributed by atoms with Crippen LogP contribution in [0.25, 0.3) is 0 Å². The number of esters is 1. The summed E-state index contributed by atoms with van der Waals surface area (Å²) in [5.74, 6) is 7.24. The summed E-state index contributed by atoms with van der Waals surface area (Å²) in [7, 11) is -4.80. The molecule has 0 heterocycles. The Hall–Kier alpha value is -0.739. The number of carbonyl (C=O) groups is 1. The monoisotopic (exact) mass is 736 g/mol. The van der Waals surface area contributed by atoms with Gasteiger partial charge in [-0.05, 0) is 93.9 Å². The Morgan fingerprint density at radius 3 is 2.08 bits per heavy atom. The van der Waals surface area contributed by atoms with Crippen molar-refractivity contribution in [1.82, 2.24) is 0 Å². The van der Waals surface area contributed by atoms with Crippen molar-refractivity contribution >= 4 is 30.9 Å². The number of aliphatic hydroxyl groups is 1. The standard InChI is InChI=1S/C40H76O6Si3/c1-17-18-19-29(2)26-32(44-48(13,14)39(3,4)5)23-24-33-36(46-49(15,16)40(6,7)8)28-34(41)37(33)35(45-47(10,11)12)25-21-30-20-22-31(27-30)38(42)43-9/h23-24,29-37,41H,17-20,22,26-28H2,1-16H3/b24-23+/t29-,30+,31+,32+,33-,34-,35?,36+,37+/m0/s1. The fourth-order valence-corrected chi connectivity index (χ4v) is 10.3. The first-order valence-electron chi connectivity index (χ1n) is 19.3. The van der Waals surface area contributed by atoms with Gasteiger partial charge in [0.15, 0.2) is 25.0 Å². The Morgan fingerprint density at radius 1 is 0.939 bits per heavy atom. The molecule has 284 valence electrons. The topological polar surface area (TPSA) is 74.2 Å². The van der Waals surface area contributed by atoms with Gasteiger partial charge < -0.3 is 23.1 Å². The Bertz CT molecular complexity index is 1140. The molecule has 0 saturated heterocycles. The van der Waals surface area contributed by atoms with E-state index in [1.165, 1.54) is 26.4 Å². The largest absolute Gasteiger partial charge is 0.469 e. The highest BCUT2D eigenvalue weighted by Crippen LogP contribution is 2.45. The lowest BCUT2D eigenvalue weighted by Gasteiger charge is -2.41. The van der Waals surface area contributed by atoms with E-state index in [0.717, 1.165) is 25.7 Å². The molecule has 1 N–H and O–H groups in total. The number of aliphatic hydroxyl groups excluding tert-OH is 1. The van der Waals surface area contributed by atoms with Gasteiger partial charge in [-0.25, -0.2) is 0 Å². The zero-order chi connectivity index (χ0) is 37.6. The van der Waals surface area contributed by atoms with Crippen molar-refractivity contribution in [2.24, 2.45) is 29.6 Å². The second kappa shape index (κ2) is 17.9. The molecular formula is C40H76O6Si3. The molecule has 2 fully saturated rings. The van der Waals surface area contributed by atoms with E-state index in [9.17, 15) is 9.90 Å². The quantitative estimate of drug-likeness (QED) is 0.0781. The third-order valence-corrected chi connectivity index (χ3v) is 21.7. The highest BCUT2D eigenvalue weighted by atomic mass is 28.4. The molecule has 0 amide bonds. The molecule has 0 spiro atoms. The molecule has 9 atom stereocenters. The normalized spacial score (nSPS) is 27.5. The van der Waals surface area contributed by atoms with Crippen molar-refractivity contribution in [2.45, 2.75) is 187 Å². The summed E-state index contributed by atoms with van der Waals surface area (Å²) in [6, 6.07) is 0. The van der Waals surface area contributed by atoms with Gasteiger partial charge in [0.1, 0.15) is 6.10 Å². The Labute approximate surface area is 305 Å². The molecule has 0 aromatic rings. The van der Waals surface area contributed by atoms with Gasteiger partial charge in [-0.1, -0.05) is 98.6 Å². The predicted octanol–water partition coefficient (Wildman–Crippen LogP) is 10.3. The lowest BCUT2D eigenvalue weighted by Crippen LogP contribution is -2.46. The van der Waals surface area contributed by atoms with E-state index in [0.29, 0.717) is 12.3 Å². The fraction of sp³-hybridized carbons (Fsp3) is 0.875. The van der Waals surface area contributed by atoms with Crippen molar-refractivity contribution in [3.8, 4) is 11.8 Å². The maximum absolute atomic E-state index is 12.2. The number of rotatable bonds is 15. The molecule has 2 aliphatic carbocycles. The summed E-state index contributed by atoms with van der Waals surface area (Å²) in [5.41, 5.74) is 0. The smallest absolute Gasteiger partial charge is 0.308 e. The van der Waals surface area contributed by atoms with Crippen molar-refractivity contribution in [3.63, 3.8) is 0 Å². The summed E-state index contributed by atoms with van der Waals surface area (Å²) in [6.07, 6.45) is 11.1. The molecule has 1 unspecified atom stereocenters. The van der Waals surface area contributed by atoms with Gasteiger partial charge in [0.05, 0.1) is 31.3 Å². The summed E-state index contributed by atoms with van der Waals surface area (Å²) < 4.78 is 26.2. The lowest BCUT2D eigenvalue weighted by molar-refractivity contribution is -0.145. The van der Waals surface area contributed by atoms with Crippen LogP contribution in [0.1, 0.15) is 107 Å². The lowest BCUT2D eigenvalue weighted by atomic mass is 9.87. The zero-order valence-electron chi connectivity index (χ0n) is 34.5. The average molecular weight is 737 g/mol. The van der Waals surface area contributed by atoms with Crippen LogP contribution in [0.4, 0.5) is 0 Å². The molecule has 2 saturated carbocycles. The van der Waals surface area contributed by atoms with E-state index in [1.54, 1.807) is 0 Å². The van der Waals surface area contributed by atoms with E-state index >= 15 is 0 Å². The van der Waals surface area contributed by atoms with E-state index in [1.807, 2.05) is 0 Å². The van der Waals surface area contributed by atoms with Crippen LogP contribution in [0, 0.1) is 41.4 Å². The number of hydrogen-bond donors (Lipinski definition) is 1. The van der Waals surface area contributed by atoms with Gasteiger partial charge in [-0.3, -0.25) is 4.79 Å².